The summed E-state index contributed by atoms with van der Waals surface area (Å²) >= 11 is 1.69. The van der Waals surface area contributed by atoms with Crippen molar-refractivity contribution in [2.75, 3.05) is 11.1 Å². The third-order valence-corrected chi connectivity index (χ3v) is 7.95. The van der Waals surface area contributed by atoms with E-state index in [0.29, 0.717) is 17.4 Å². The molecule has 0 aliphatic heterocycles. The number of nitrogens with one attached hydrogen (secondary N) is 1. The van der Waals surface area contributed by atoms with Crippen LogP contribution in [0.2, 0.25) is 0 Å². The van der Waals surface area contributed by atoms with Crippen molar-refractivity contribution in [2.45, 2.75) is 38.0 Å². The summed E-state index contributed by atoms with van der Waals surface area (Å²) in [6, 6.07) is 4.28. The number of phenolic OH excluding ortho intramolecular Hbond substituents is 1. The standard InChI is InChI=1S/C19H21N3O3S2/c1-3-27(24,25)12-5-7-15(23)14(9-12)22-18-17-13-6-4-11(2)8-16(13)26-19(17)21-10-20-18/h5,7,9-11,23H,3-4,6,8H2,1-2H3,(H,20,21,22). The van der Waals surface area contributed by atoms with Crippen LogP contribution in [0.5, 0.6) is 5.75 Å². The summed E-state index contributed by atoms with van der Waals surface area (Å²) in [4.78, 5) is 11.2. The van der Waals surface area contributed by atoms with E-state index in [0.717, 1.165) is 29.5 Å². The molecule has 2 N–H and O–H groups in total. The van der Waals surface area contributed by atoms with Gasteiger partial charge in [-0.1, -0.05) is 13.8 Å². The van der Waals surface area contributed by atoms with Gasteiger partial charge in [0.1, 0.15) is 22.7 Å². The molecule has 1 atom stereocenters. The van der Waals surface area contributed by atoms with Crippen LogP contribution in [-0.4, -0.2) is 29.2 Å². The zero-order chi connectivity index (χ0) is 19.2. The second-order valence-electron chi connectivity index (χ2n) is 6.96. The molecule has 2 aromatic heterocycles. The third kappa shape index (κ3) is 3.27. The molecule has 4 rings (SSSR count). The SMILES string of the molecule is CCS(=O)(=O)c1ccc(O)c(Nc2ncnc3sc4c(c23)CCC(C)C4)c1. The Labute approximate surface area is 162 Å². The molecule has 0 bridgehead atoms. The average Bonchev–Trinajstić information content (AvgIpc) is 3.01. The molecule has 1 aromatic carbocycles. The second kappa shape index (κ2) is 6.76. The van der Waals surface area contributed by atoms with E-state index in [9.17, 15) is 13.5 Å². The number of hydrogen-bond donors (Lipinski definition) is 2. The zero-order valence-corrected chi connectivity index (χ0v) is 16.8. The van der Waals surface area contributed by atoms with Crippen LogP contribution in [0, 0.1) is 5.92 Å². The van der Waals surface area contributed by atoms with Gasteiger partial charge in [-0.05, 0) is 48.9 Å². The van der Waals surface area contributed by atoms with E-state index in [-0.39, 0.29) is 16.4 Å². The molecule has 0 saturated heterocycles. The maximum Gasteiger partial charge on any atom is 0.178 e. The van der Waals surface area contributed by atoms with E-state index in [1.165, 1.54) is 35.0 Å². The number of phenols is 1. The first-order valence-electron chi connectivity index (χ1n) is 8.97. The van der Waals surface area contributed by atoms with Crippen molar-refractivity contribution < 1.29 is 13.5 Å². The van der Waals surface area contributed by atoms with E-state index in [1.54, 1.807) is 18.3 Å². The average molecular weight is 404 g/mol. The summed E-state index contributed by atoms with van der Waals surface area (Å²) in [5, 5.41) is 14.4. The smallest absolute Gasteiger partial charge is 0.178 e. The number of thiophene rings is 1. The largest absolute Gasteiger partial charge is 0.506 e. The molecule has 0 spiro atoms. The highest BCUT2D eigenvalue weighted by molar-refractivity contribution is 7.91. The lowest BCUT2D eigenvalue weighted by Crippen LogP contribution is -2.09. The third-order valence-electron chi connectivity index (χ3n) is 5.05. The van der Waals surface area contributed by atoms with Crippen LogP contribution in [0.1, 0.15) is 30.7 Å². The summed E-state index contributed by atoms with van der Waals surface area (Å²) in [5.74, 6) is 1.25. The number of anilines is 2. The second-order valence-corrected chi connectivity index (χ2v) is 10.3. The molecule has 27 heavy (non-hydrogen) atoms. The van der Waals surface area contributed by atoms with Crippen LogP contribution in [-0.2, 0) is 22.7 Å². The molecule has 0 fully saturated rings. The van der Waals surface area contributed by atoms with Gasteiger partial charge in [-0.15, -0.1) is 11.3 Å². The van der Waals surface area contributed by atoms with Crippen LogP contribution >= 0.6 is 11.3 Å². The quantitative estimate of drug-likeness (QED) is 0.638. The number of rotatable bonds is 4. The Balaban J connectivity index is 1.80. The zero-order valence-electron chi connectivity index (χ0n) is 15.2. The molecule has 6 nitrogen and oxygen atoms in total. The van der Waals surface area contributed by atoms with E-state index in [1.807, 2.05) is 0 Å². The summed E-state index contributed by atoms with van der Waals surface area (Å²) < 4.78 is 24.4. The maximum atomic E-state index is 12.2. The van der Waals surface area contributed by atoms with Crippen molar-refractivity contribution >= 4 is 42.9 Å². The van der Waals surface area contributed by atoms with Crippen molar-refractivity contribution in [3.05, 3.63) is 35.0 Å². The van der Waals surface area contributed by atoms with Gasteiger partial charge in [0.15, 0.2) is 9.84 Å². The summed E-state index contributed by atoms with van der Waals surface area (Å²) in [6.07, 6.45) is 4.66. The van der Waals surface area contributed by atoms with Crippen LogP contribution in [0.4, 0.5) is 11.5 Å². The Bertz CT molecular complexity index is 1120. The Morgan fingerprint density at radius 1 is 1.33 bits per heavy atom. The summed E-state index contributed by atoms with van der Waals surface area (Å²) in [7, 11) is -3.36. The normalized spacial score (nSPS) is 17.0. The molecule has 0 radical (unpaired) electrons. The molecule has 1 aliphatic rings. The monoisotopic (exact) mass is 403 g/mol. The van der Waals surface area contributed by atoms with Crippen LogP contribution in [0.15, 0.2) is 29.4 Å². The minimum atomic E-state index is -3.36. The fourth-order valence-corrected chi connectivity index (χ4v) is 5.73. The van der Waals surface area contributed by atoms with E-state index in [2.05, 4.69) is 22.2 Å². The Kier molecular flexibility index (Phi) is 4.55. The highest BCUT2D eigenvalue weighted by Gasteiger charge is 2.23. The van der Waals surface area contributed by atoms with Crippen molar-refractivity contribution in [1.82, 2.24) is 9.97 Å². The highest BCUT2D eigenvalue weighted by Crippen LogP contribution is 2.41. The van der Waals surface area contributed by atoms with Gasteiger partial charge in [-0.3, -0.25) is 0 Å². The van der Waals surface area contributed by atoms with Gasteiger partial charge in [-0.25, -0.2) is 18.4 Å². The van der Waals surface area contributed by atoms with Crippen LogP contribution in [0.25, 0.3) is 10.2 Å². The number of benzene rings is 1. The van der Waals surface area contributed by atoms with E-state index >= 15 is 0 Å². The fraction of sp³-hybridized carbons (Fsp3) is 0.368. The molecule has 0 saturated carbocycles. The Hall–Kier alpha value is -2.19. The molecule has 3 aromatic rings. The first-order chi connectivity index (χ1) is 12.9. The van der Waals surface area contributed by atoms with Crippen LogP contribution in [0.3, 0.4) is 0 Å². The lowest BCUT2D eigenvalue weighted by Gasteiger charge is -2.18. The first-order valence-corrected chi connectivity index (χ1v) is 11.4. The molecular formula is C19H21N3O3S2. The molecule has 2 heterocycles. The predicted octanol–water partition coefficient (Wildman–Crippen LogP) is 4.06. The van der Waals surface area contributed by atoms with Crippen molar-refractivity contribution in [1.29, 1.82) is 0 Å². The van der Waals surface area contributed by atoms with Gasteiger partial charge in [0.25, 0.3) is 0 Å². The maximum absolute atomic E-state index is 12.2. The summed E-state index contributed by atoms with van der Waals surface area (Å²) in [6.45, 7) is 3.86. The summed E-state index contributed by atoms with van der Waals surface area (Å²) in [5.41, 5.74) is 1.60. The number of aromatic nitrogens is 2. The minimum Gasteiger partial charge on any atom is -0.506 e. The van der Waals surface area contributed by atoms with Gasteiger partial charge in [0.05, 0.1) is 21.7 Å². The number of aromatic hydroxyl groups is 1. The lowest BCUT2D eigenvalue weighted by atomic mass is 9.89. The molecule has 1 unspecified atom stereocenters. The van der Waals surface area contributed by atoms with Gasteiger partial charge >= 0.3 is 0 Å². The van der Waals surface area contributed by atoms with Gasteiger partial charge < -0.3 is 10.4 Å². The van der Waals surface area contributed by atoms with E-state index < -0.39 is 9.84 Å². The Morgan fingerprint density at radius 3 is 2.93 bits per heavy atom. The van der Waals surface area contributed by atoms with Gasteiger partial charge in [0, 0.05) is 4.88 Å². The number of hydrogen-bond acceptors (Lipinski definition) is 7. The van der Waals surface area contributed by atoms with E-state index in [4.69, 9.17) is 0 Å². The van der Waals surface area contributed by atoms with Crippen LogP contribution < -0.4 is 5.32 Å². The van der Waals surface area contributed by atoms with Gasteiger partial charge in [-0.2, -0.15) is 0 Å². The number of sulfone groups is 1. The van der Waals surface area contributed by atoms with Crippen molar-refractivity contribution in [3.8, 4) is 5.75 Å². The number of fused-ring (bicyclic) bond motifs is 3. The molecule has 1 aliphatic carbocycles. The Morgan fingerprint density at radius 2 is 2.15 bits per heavy atom. The topological polar surface area (TPSA) is 92.2 Å². The molecule has 8 heteroatoms. The highest BCUT2D eigenvalue weighted by atomic mass is 32.2. The van der Waals surface area contributed by atoms with Crippen molar-refractivity contribution in [3.63, 3.8) is 0 Å². The van der Waals surface area contributed by atoms with Crippen molar-refractivity contribution in [2.24, 2.45) is 5.92 Å². The first kappa shape index (κ1) is 18.2. The molecule has 142 valence electrons. The fourth-order valence-electron chi connectivity index (χ4n) is 3.47. The molecular weight excluding hydrogens is 382 g/mol. The minimum absolute atomic E-state index is 0.00515. The predicted molar refractivity (Wildman–Crippen MR) is 108 cm³/mol. The molecule has 0 amide bonds. The van der Waals surface area contributed by atoms with Gasteiger partial charge in [0.2, 0.25) is 0 Å². The lowest BCUT2D eigenvalue weighted by molar-refractivity contribution is 0.477. The number of aryl methyl sites for hydroxylation is 1. The number of nitrogens with zero attached hydrogens (tertiary/aromatic N) is 2.